The van der Waals surface area contributed by atoms with Gasteiger partial charge in [-0.1, -0.05) is 6.07 Å². The highest BCUT2D eigenvalue weighted by Crippen LogP contribution is 2.23. The highest BCUT2D eigenvalue weighted by molar-refractivity contribution is 5.71. The maximum Gasteiger partial charge on any atom is 0.163 e. The summed E-state index contributed by atoms with van der Waals surface area (Å²) < 4.78 is 2.08. The van der Waals surface area contributed by atoms with Gasteiger partial charge in [-0.3, -0.25) is 0 Å². The van der Waals surface area contributed by atoms with Gasteiger partial charge in [0, 0.05) is 35.6 Å². The minimum absolute atomic E-state index is 0.309. The van der Waals surface area contributed by atoms with Crippen LogP contribution in [0.4, 0.5) is 5.69 Å². The Morgan fingerprint density at radius 1 is 1.00 bits per heavy atom. The second kappa shape index (κ2) is 4.51. The summed E-state index contributed by atoms with van der Waals surface area (Å²) in [7, 11) is 0. The average Bonchev–Trinajstić information content (AvgIpc) is 2.81. The van der Waals surface area contributed by atoms with Gasteiger partial charge in [0.05, 0.1) is 0 Å². The van der Waals surface area contributed by atoms with Crippen LogP contribution in [0.25, 0.3) is 16.6 Å². The number of aryl methyl sites for hydroxylation is 1. The molecule has 0 aliphatic carbocycles. The molecule has 4 nitrogen and oxygen atoms in total. The summed E-state index contributed by atoms with van der Waals surface area (Å²) in [5.74, 6) is 0. The number of pyridine rings is 1. The highest BCUT2D eigenvalue weighted by Gasteiger charge is 2.04. The molecule has 0 aliphatic rings. The molecule has 0 bridgehead atoms. The van der Waals surface area contributed by atoms with Crippen molar-refractivity contribution in [2.24, 2.45) is 0 Å². The van der Waals surface area contributed by atoms with E-state index in [1.807, 2.05) is 12.1 Å². The van der Waals surface area contributed by atoms with Crippen molar-refractivity contribution in [3.05, 3.63) is 65.6 Å². The zero-order chi connectivity index (χ0) is 13.4. The van der Waals surface area contributed by atoms with E-state index in [2.05, 4.69) is 41.9 Å². The van der Waals surface area contributed by atoms with E-state index in [0.29, 0.717) is 5.69 Å². The topological polar surface area (TPSA) is 52.1 Å². The number of hydrogen-bond acceptors (Lipinski definition) is 2. The third-order valence-corrected chi connectivity index (χ3v) is 3.20. The van der Waals surface area contributed by atoms with Crippen LogP contribution in [0.3, 0.4) is 0 Å². The van der Waals surface area contributed by atoms with E-state index >= 15 is 0 Å². The predicted octanol–water partition coefficient (Wildman–Crippen LogP) is 2.32. The summed E-state index contributed by atoms with van der Waals surface area (Å²) in [5, 5.41) is 18.8. The first-order valence-corrected chi connectivity index (χ1v) is 6.05. The summed E-state index contributed by atoms with van der Waals surface area (Å²) >= 11 is 0. The van der Waals surface area contributed by atoms with Gasteiger partial charge in [0.2, 0.25) is 0 Å². The van der Waals surface area contributed by atoms with Gasteiger partial charge in [0.1, 0.15) is 0 Å². The van der Waals surface area contributed by atoms with Crippen molar-refractivity contribution in [1.82, 2.24) is 4.40 Å². The SMILES string of the molecule is Cc1ccc2cc(-c3ccc([NH+]([O-])O)cc3)cn2c1. The van der Waals surface area contributed by atoms with E-state index in [4.69, 9.17) is 5.21 Å². The molecule has 1 unspecified atom stereocenters. The van der Waals surface area contributed by atoms with Crippen molar-refractivity contribution in [2.75, 3.05) is 0 Å². The first-order chi connectivity index (χ1) is 9.13. The van der Waals surface area contributed by atoms with E-state index in [-0.39, 0.29) is 0 Å². The Balaban J connectivity index is 2.03. The zero-order valence-corrected chi connectivity index (χ0v) is 10.5. The number of nitrogens with zero attached hydrogens (tertiary/aromatic N) is 1. The van der Waals surface area contributed by atoms with Crippen molar-refractivity contribution < 1.29 is 10.4 Å². The lowest BCUT2D eigenvalue weighted by atomic mass is 10.1. The van der Waals surface area contributed by atoms with Crippen molar-refractivity contribution >= 4 is 11.2 Å². The molecule has 0 spiro atoms. The lowest BCUT2D eigenvalue weighted by Gasteiger charge is -2.11. The van der Waals surface area contributed by atoms with Crippen LogP contribution in [0, 0.1) is 12.1 Å². The molecule has 0 radical (unpaired) electrons. The molecule has 2 aromatic heterocycles. The lowest BCUT2D eigenvalue weighted by Crippen LogP contribution is -2.99. The maximum absolute atomic E-state index is 10.8. The monoisotopic (exact) mass is 254 g/mol. The molecule has 1 aromatic carbocycles. The third-order valence-electron chi connectivity index (χ3n) is 3.20. The van der Waals surface area contributed by atoms with Gasteiger partial charge in [-0.25, -0.2) is 5.21 Å². The Labute approximate surface area is 110 Å². The van der Waals surface area contributed by atoms with Gasteiger partial charge < -0.3 is 9.61 Å². The minimum Gasteiger partial charge on any atom is -0.595 e. The Bertz CT molecular complexity index is 715. The predicted molar refractivity (Wildman–Crippen MR) is 73.3 cm³/mol. The van der Waals surface area contributed by atoms with Gasteiger partial charge in [0.25, 0.3) is 0 Å². The standard InChI is InChI=1S/C15H14N2O2/c1-11-2-5-15-8-13(10-16(15)9-11)12-3-6-14(7-4-12)17(18)19/h2-10,17-18H,1H3. The zero-order valence-electron chi connectivity index (χ0n) is 10.5. The molecule has 96 valence electrons. The van der Waals surface area contributed by atoms with E-state index in [9.17, 15) is 5.21 Å². The Morgan fingerprint density at radius 2 is 1.74 bits per heavy atom. The number of fused-ring (bicyclic) bond motifs is 1. The fourth-order valence-electron chi connectivity index (χ4n) is 2.18. The summed E-state index contributed by atoms with van der Waals surface area (Å²) in [6.07, 6.45) is 4.13. The molecule has 2 heterocycles. The molecule has 4 heteroatoms. The average molecular weight is 254 g/mol. The van der Waals surface area contributed by atoms with Gasteiger partial charge in [-0.05, 0) is 42.3 Å². The number of quaternary nitrogens is 1. The molecular formula is C15H14N2O2. The van der Waals surface area contributed by atoms with Crippen LogP contribution in [-0.4, -0.2) is 9.61 Å². The van der Waals surface area contributed by atoms with Crippen molar-refractivity contribution in [3.63, 3.8) is 0 Å². The number of nitrogens with one attached hydrogen (secondary N) is 1. The van der Waals surface area contributed by atoms with Gasteiger partial charge >= 0.3 is 0 Å². The van der Waals surface area contributed by atoms with Crippen molar-refractivity contribution in [2.45, 2.75) is 6.92 Å². The summed E-state index contributed by atoms with van der Waals surface area (Å²) in [4.78, 5) is 0. The lowest BCUT2D eigenvalue weighted by molar-refractivity contribution is -0.991. The maximum atomic E-state index is 10.8. The molecule has 1 atom stereocenters. The molecule has 0 fully saturated rings. The molecular weight excluding hydrogens is 240 g/mol. The number of hydrogen-bond donors (Lipinski definition) is 2. The van der Waals surface area contributed by atoms with E-state index in [0.717, 1.165) is 16.6 Å². The Hall–Kier alpha value is -2.14. The number of rotatable bonds is 2. The van der Waals surface area contributed by atoms with Crippen molar-refractivity contribution in [3.8, 4) is 11.1 Å². The Morgan fingerprint density at radius 3 is 2.42 bits per heavy atom. The summed E-state index contributed by atoms with van der Waals surface area (Å²) in [6.45, 7) is 2.06. The third kappa shape index (κ3) is 2.24. The van der Waals surface area contributed by atoms with Gasteiger partial charge in [0.15, 0.2) is 5.69 Å². The normalized spacial score (nSPS) is 12.8. The molecule has 2 N–H and O–H groups in total. The Kier molecular flexibility index (Phi) is 2.83. The molecule has 3 aromatic rings. The van der Waals surface area contributed by atoms with Crippen LogP contribution in [-0.2, 0) is 0 Å². The summed E-state index contributed by atoms with van der Waals surface area (Å²) in [5.41, 5.74) is 4.75. The highest BCUT2D eigenvalue weighted by atomic mass is 16.8. The van der Waals surface area contributed by atoms with E-state index in [1.54, 1.807) is 12.1 Å². The van der Waals surface area contributed by atoms with Crippen LogP contribution in [0.5, 0.6) is 0 Å². The van der Waals surface area contributed by atoms with Crippen LogP contribution in [0.2, 0.25) is 0 Å². The molecule has 0 amide bonds. The quantitative estimate of drug-likeness (QED) is 0.689. The van der Waals surface area contributed by atoms with Gasteiger partial charge in [-0.15, -0.1) is 0 Å². The van der Waals surface area contributed by atoms with Gasteiger partial charge in [-0.2, -0.15) is 5.23 Å². The van der Waals surface area contributed by atoms with E-state index in [1.165, 1.54) is 5.56 Å². The smallest absolute Gasteiger partial charge is 0.163 e. The van der Waals surface area contributed by atoms with Crippen LogP contribution in [0.1, 0.15) is 5.56 Å². The van der Waals surface area contributed by atoms with Crippen LogP contribution >= 0.6 is 0 Å². The van der Waals surface area contributed by atoms with Crippen LogP contribution in [0.15, 0.2) is 54.9 Å². The first kappa shape index (κ1) is 11.9. The number of aromatic nitrogens is 1. The molecule has 0 saturated heterocycles. The molecule has 3 rings (SSSR count). The summed E-state index contributed by atoms with van der Waals surface area (Å²) in [6, 6.07) is 13.2. The van der Waals surface area contributed by atoms with E-state index < -0.39 is 5.23 Å². The molecule has 0 aliphatic heterocycles. The largest absolute Gasteiger partial charge is 0.595 e. The van der Waals surface area contributed by atoms with Crippen LogP contribution < -0.4 is 5.23 Å². The van der Waals surface area contributed by atoms with Crippen molar-refractivity contribution in [1.29, 1.82) is 0 Å². The molecule has 19 heavy (non-hydrogen) atoms. The fourth-order valence-corrected chi connectivity index (χ4v) is 2.18. The second-order valence-electron chi connectivity index (χ2n) is 4.65. The fraction of sp³-hybridized carbons (Fsp3) is 0.0667. The molecule has 0 saturated carbocycles. The second-order valence-corrected chi connectivity index (χ2v) is 4.65. The number of benzene rings is 1. The minimum atomic E-state index is -0.899. The first-order valence-electron chi connectivity index (χ1n) is 6.05.